The molecule has 0 aliphatic heterocycles. The molecule has 7 nitrogen and oxygen atoms in total. The average molecular weight is 500 g/mol. The molecule has 0 bridgehead atoms. The summed E-state index contributed by atoms with van der Waals surface area (Å²) in [6.07, 6.45) is 2.91. The Kier molecular flexibility index (Phi) is 6.62. The zero-order valence-electron chi connectivity index (χ0n) is 19.6. The lowest BCUT2D eigenvalue weighted by Gasteiger charge is -2.22. The third kappa shape index (κ3) is 4.64. The van der Waals surface area contributed by atoms with Crippen molar-refractivity contribution in [1.29, 1.82) is 0 Å². The predicted octanol–water partition coefficient (Wildman–Crippen LogP) is 5.74. The van der Waals surface area contributed by atoms with Gasteiger partial charge < -0.3 is 15.8 Å². The van der Waals surface area contributed by atoms with Gasteiger partial charge in [-0.25, -0.2) is 18.7 Å². The van der Waals surface area contributed by atoms with Crippen LogP contribution in [0.3, 0.4) is 0 Å². The lowest BCUT2D eigenvalue weighted by molar-refractivity contribution is 0.101. The summed E-state index contributed by atoms with van der Waals surface area (Å²) in [6.45, 7) is 7.20. The van der Waals surface area contributed by atoms with E-state index in [1.807, 2.05) is 13.8 Å². The standard InChI is InChI=1S/C25H24ClF2N5O2/c1-12(2)35-22-17(13(3)24-31-14(4)21-23(29)30-9-10-33(21)24)11-18(26)20(28)19(22)25(34)32-16-7-5-15(27)6-8-16/h5-13H,1-4H3,(H2,29,30)(H,32,34). The molecule has 0 saturated heterocycles. The van der Waals surface area contributed by atoms with E-state index in [1.54, 1.807) is 30.6 Å². The smallest absolute Gasteiger partial charge is 0.262 e. The van der Waals surface area contributed by atoms with Crippen LogP contribution in [0.2, 0.25) is 5.02 Å². The van der Waals surface area contributed by atoms with Gasteiger partial charge in [0.05, 0.1) is 16.8 Å². The van der Waals surface area contributed by atoms with Crippen molar-refractivity contribution in [3.05, 3.63) is 82.0 Å². The van der Waals surface area contributed by atoms with E-state index < -0.39 is 23.5 Å². The third-order valence-electron chi connectivity index (χ3n) is 5.52. The van der Waals surface area contributed by atoms with Crippen LogP contribution in [-0.2, 0) is 0 Å². The Hall–Kier alpha value is -3.72. The maximum absolute atomic E-state index is 15.3. The van der Waals surface area contributed by atoms with Gasteiger partial charge in [0.25, 0.3) is 5.91 Å². The summed E-state index contributed by atoms with van der Waals surface area (Å²) < 4.78 is 36.4. The summed E-state index contributed by atoms with van der Waals surface area (Å²) in [7, 11) is 0. The SMILES string of the molecule is Cc1nc(C(C)c2cc(Cl)c(F)c(C(=O)Nc3ccc(F)cc3)c2OC(C)C)n2ccnc(N)c12. The number of nitrogens with two attached hydrogens (primary N) is 1. The number of aromatic nitrogens is 3. The fourth-order valence-corrected chi connectivity index (χ4v) is 4.17. The van der Waals surface area contributed by atoms with Crippen LogP contribution in [0.5, 0.6) is 5.75 Å². The Bertz CT molecular complexity index is 1420. The molecule has 0 aliphatic carbocycles. The fraction of sp³-hybridized carbons (Fsp3) is 0.240. The Morgan fingerprint density at radius 2 is 1.89 bits per heavy atom. The Labute approximate surface area is 205 Å². The topological polar surface area (TPSA) is 94.5 Å². The summed E-state index contributed by atoms with van der Waals surface area (Å²) in [6, 6.07) is 6.57. The van der Waals surface area contributed by atoms with Crippen LogP contribution in [0.4, 0.5) is 20.3 Å². The van der Waals surface area contributed by atoms with Gasteiger partial charge in [-0.2, -0.15) is 0 Å². The van der Waals surface area contributed by atoms with Gasteiger partial charge in [0.1, 0.15) is 34.3 Å². The fourth-order valence-electron chi connectivity index (χ4n) is 3.96. The molecule has 0 fully saturated rings. The highest BCUT2D eigenvalue weighted by molar-refractivity contribution is 6.31. The quantitative estimate of drug-likeness (QED) is 0.352. The number of halogens is 3. The molecule has 2 aromatic heterocycles. The molecule has 3 N–H and O–H groups in total. The first-order chi connectivity index (χ1) is 16.6. The number of anilines is 2. The lowest BCUT2D eigenvalue weighted by atomic mass is 9.95. The molecule has 10 heteroatoms. The number of fused-ring (bicyclic) bond motifs is 1. The molecule has 4 rings (SSSR count). The molecular weight excluding hydrogens is 476 g/mol. The number of hydrogen-bond acceptors (Lipinski definition) is 5. The number of ether oxygens (including phenoxy) is 1. The number of nitrogen functional groups attached to an aromatic ring is 1. The van der Waals surface area contributed by atoms with Crippen LogP contribution in [0.15, 0.2) is 42.7 Å². The predicted molar refractivity (Wildman–Crippen MR) is 131 cm³/mol. The molecule has 0 aliphatic rings. The maximum Gasteiger partial charge on any atom is 0.262 e. The van der Waals surface area contributed by atoms with Gasteiger partial charge in [0.2, 0.25) is 0 Å². The molecule has 0 spiro atoms. The summed E-state index contributed by atoms with van der Waals surface area (Å²) in [5.74, 6) is -1.67. The normalized spacial score (nSPS) is 12.2. The van der Waals surface area contributed by atoms with Crippen LogP contribution in [-0.4, -0.2) is 26.4 Å². The Morgan fingerprint density at radius 1 is 1.20 bits per heavy atom. The molecule has 2 aromatic carbocycles. The number of benzene rings is 2. The molecule has 2 heterocycles. The van der Waals surface area contributed by atoms with Crippen LogP contribution in [0.25, 0.3) is 5.52 Å². The number of nitrogens with one attached hydrogen (secondary N) is 1. The zero-order valence-corrected chi connectivity index (χ0v) is 20.3. The monoisotopic (exact) mass is 499 g/mol. The van der Waals surface area contributed by atoms with Crippen molar-refractivity contribution in [2.24, 2.45) is 0 Å². The minimum absolute atomic E-state index is 0.0467. The van der Waals surface area contributed by atoms with Crippen LogP contribution in [0.1, 0.15) is 54.1 Å². The first-order valence-corrected chi connectivity index (χ1v) is 11.3. The second-order valence-corrected chi connectivity index (χ2v) is 8.81. The third-order valence-corrected chi connectivity index (χ3v) is 5.80. The van der Waals surface area contributed by atoms with Gasteiger partial charge in [-0.1, -0.05) is 18.5 Å². The second kappa shape index (κ2) is 9.50. The molecule has 182 valence electrons. The van der Waals surface area contributed by atoms with Crippen molar-refractivity contribution in [1.82, 2.24) is 14.4 Å². The molecule has 1 unspecified atom stereocenters. The van der Waals surface area contributed by atoms with E-state index >= 15 is 4.39 Å². The van der Waals surface area contributed by atoms with E-state index in [-0.39, 0.29) is 22.4 Å². The highest BCUT2D eigenvalue weighted by atomic mass is 35.5. The van der Waals surface area contributed by atoms with Crippen molar-refractivity contribution in [2.75, 3.05) is 11.1 Å². The van der Waals surface area contributed by atoms with Crippen LogP contribution < -0.4 is 15.8 Å². The minimum atomic E-state index is -0.921. The first kappa shape index (κ1) is 24.4. The van der Waals surface area contributed by atoms with Gasteiger partial charge in [-0.3, -0.25) is 9.20 Å². The second-order valence-electron chi connectivity index (χ2n) is 8.40. The Balaban J connectivity index is 1.88. The van der Waals surface area contributed by atoms with Crippen molar-refractivity contribution < 1.29 is 18.3 Å². The summed E-state index contributed by atoms with van der Waals surface area (Å²) in [4.78, 5) is 22.0. The number of nitrogens with zero attached hydrogens (tertiary/aromatic N) is 3. The van der Waals surface area contributed by atoms with Gasteiger partial charge in [-0.05, 0) is 51.1 Å². The van der Waals surface area contributed by atoms with E-state index in [0.29, 0.717) is 34.1 Å². The van der Waals surface area contributed by atoms with Gasteiger partial charge in [-0.15, -0.1) is 0 Å². The molecule has 4 aromatic rings. The van der Waals surface area contributed by atoms with Crippen molar-refractivity contribution in [3.63, 3.8) is 0 Å². The van der Waals surface area contributed by atoms with Gasteiger partial charge in [0, 0.05) is 29.6 Å². The van der Waals surface area contributed by atoms with E-state index in [1.165, 1.54) is 30.3 Å². The molecule has 0 saturated carbocycles. The van der Waals surface area contributed by atoms with E-state index in [0.717, 1.165) is 0 Å². The minimum Gasteiger partial charge on any atom is -0.490 e. The molecule has 0 radical (unpaired) electrons. The van der Waals surface area contributed by atoms with Gasteiger partial charge in [0.15, 0.2) is 5.82 Å². The largest absolute Gasteiger partial charge is 0.490 e. The van der Waals surface area contributed by atoms with E-state index in [9.17, 15) is 9.18 Å². The van der Waals surface area contributed by atoms with E-state index in [2.05, 4.69) is 15.3 Å². The van der Waals surface area contributed by atoms with E-state index in [4.69, 9.17) is 22.1 Å². The highest BCUT2D eigenvalue weighted by Gasteiger charge is 2.30. The van der Waals surface area contributed by atoms with Crippen molar-refractivity contribution in [3.8, 4) is 5.75 Å². The molecule has 35 heavy (non-hydrogen) atoms. The van der Waals surface area contributed by atoms with Crippen LogP contribution >= 0.6 is 11.6 Å². The van der Waals surface area contributed by atoms with Crippen LogP contribution in [0, 0.1) is 18.6 Å². The number of aryl methyl sites for hydroxylation is 1. The molecular formula is C25H24ClF2N5O2. The first-order valence-electron chi connectivity index (χ1n) is 10.9. The summed E-state index contributed by atoms with van der Waals surface area (Å²) >= 11 is 6.26. The summed E-state index contributed by atoms with van der Waals surface area (Å²) in [5, 5.41) is 2.34. The Morgan fingerprint density at radius 3 is 2.54 bits per heavy atom. The van der Waals surface area contributed by atoms with Crippen molar-refractivity contribution >= 4 is 34.5 Å². The number of imidazole rings is 1. The molecule has 1 atom stereocenters. The molecule has 1 amide bonds. The number of rotatable bonds is 6. The summed E-state index contributed by atoms with van der Waals surface area (Å²) in [5.41, 5.74) is 7.79. The van der Waals surface area contributed by atoms with Gasteiger partial charge >= 0.3 is 0 Å². The number of carbonyl (C=O) groups excluding carboxylic acids is 1. The number of carbonyl (C=O) groups is 1. The lowest BCUT2D eigenvalue weighted by Crippen LogP contribution is -2.20. The van der Waals surface area contributed by atoms with Crippen molar-refractivity contribution in [2.45, 2.75) is 39.7 Å². The maximum atomic E-state index is 15.3. The number of amides is 1. The zero-order chi connectivity index (χ0) is 25.4. The average Bonchev–Trinajstić information content (AvgIpc) is 3.14. The highest BCUT2D eigenvalue weighted by Crippen LogP contribution is 2.40. The number of hydrogen-bond donors (Lipinski definition) is 2.